The molecule has 0 aromatic heterocycles. The predicted octanol–water partition coefficient (Wildman–Crippen LogP) is 6.97. The van der Waals surface area contributed by atoms with Gasteiger partial charge in [-0.3, -0.25) is 14.4 Å². The lowest BCUT2D eigenvalue weighted by atomic mass is 9.44. The van der Waals surface area contributed by atoms with Gasteiger partial charge in [-0.25, -0.2) is 4.79 Å². The summed E-state index contributed by atoms with van der Waals surface area (Å²) in [7, 11) is 0. The van der Waals surface area contributed by atoms with Crippen molar-refractivity contribution >= 4 is 23.9 Å². The topological polar surface area (TPSA) is 116 Å². The van der Waals surface area contributed by atoms with E-state index in [1.807, 2.05) is 0 Å². The number of fused-ring (bicyclic) bond motifs is 5. The fourth-order valence-corrected chi connectivity index (χ4v) is 9.83. The molecule has 8 heteroatoms. The molecule has 0 aromatic carbocycles. The summed E-state index contributed by atoms with van der Waals surface area (Å²) < 4.78 is 17.8. The second kappa shape index (κ2) is 11.8. The third-order valence-electron chi connectivity index (χ3n) is 12.4. The molecule has 244 valence electrons. The third kappa shape index (κ3) is 5.44. The lowest BCUT2D eigenvalue weighted by Crippen LogP contribution is -2.56. The molecule has 0 bridgehead atoms. The van der Waals surface area contributed by atoms with Crippen molar-refractivity contribution in [1.29, 1.82) is 0 Å². The fraction of sp³-hybridized carbons (Fsp3) is 0.722. The number of carbonyl (C=O) groups excluding carboxylic acids is 3. The van der Waals surface area contributed by atoms with E-state index in [4.69, 9.17) is 14.2 Å². The second-order valence-electron chi connectivity index (χ2n) is 15.1. The van der Waals surface area contributed by atoms with Crippen LogP contribution in [-0.2, 0) is 33.4 Å². The minimum Gasteiger partial charge on any atom is -0.478 e. The Hall–Kier alpha value is -2.90. The maximum Gasteiger partial charge on any atom is 0.330 e. The molecule has 0 spiro atoms. The van der Waals surface area contributed by atoms with Crippen molar-refractivity contribution in [3.63, 3.8) is 0 Å². The summed E-state index contributed by atoms with van der Waals surface area (Å²) in [5, 5.41) is 9.41. The van der Waals surface area contributed by atoms with Crippen molar-refractivity contribution in [2.24, 2.45) is 39.4 Å². The third-order valence-corrected chi connectivity index (χ3v) is 12.4. The molecule has 0 amide bonds. The van der Waals surface area contributed by atoms with Crippen LogP contribution >= 0.6 is 0 Å². The molecule has 0 radical (unpaired) electrons. The summed E-state index contributed by atoms with van der Waals surface area (Å²) in [5.41, 5.74) is 1.63. The van der Waals surface area contributed by atoms with Gasteiger partial charge in [-0.1, -0.05) is 59.8 Å². The fourth-order valence-electron chi connectivity index (χ4n) is 9.83. The first-order valence-corrected chi connectivity index (χ1v) is 16.1. The summed E-state index contributed by atoms with van der Waals surface area (Å²) in [6.45, 7) is 19.3. The van der Waals surface area contributed by atoms with Crippen LogP contribution < -0.4 is 0 Å². The van der Waals surface area contributed by atoms with Crippen LogP contribution in [0.1, 0.15) is 108 Å². The van der Waals surface area contributed by atoms with Crippen LogP contribution in [-0.4, -0.2) is 47.3 Å². The van der Waals surface area contributed by atoms with Crippen LogP contribution in [0.15, 0.2) is 34.9 Å². The number of allylic oxidation sites excluding steroid dienone is 3. The maximum atomic E-state index is 12.5. The zero-order chi connectivity index (χ0) is 33.0. The highest BCUT2D eigenvalue weighted by molar-refractivity contribution is 5.85. The molecular weight excluding hydrogens is 560 g/mol. The Kier molecular flexibility index (Phi) is 9.11. The average Bonchev–Trinajstić information content (AvgIpc) is 3.13. The summed E-state index contributed by atoms with van der Waals surface area (Å²) in [6, 6.07) is 0. The lowest BCUT2D eigenvalue weighted by molar-refractivity contribution is -0.166. The van der Waals surface area contributed by atoms with Gasteiger partial charge < -0.3 is 19.3 Å². The van der Waals surface area contributed by atoms with Crippen molar-refractivity contribution in [3.8, 4) is 0 Å². The molecule has 0 unspecified atom stereocenters. The normalized spacial score (nSPS) is 37.2. The molecule has 4 aliphatic carbocycles. The van der Waals surface area contributed by atoms with Crippen molar-refractivity contribution in [2.75, 3.05) is 0 Å². The molecule has 8 nitrogen and oxygen atoms in total. The molecule has 0 aromatic rings. The predicted molar refractivity (Wildman–Crippen MR) is 166 cm³/mol. The number of esters is 3. The van der Waals surface area contributed by atoms with Crippen LogP contribution in [0.3, 0.4) is 0 Å². The van der Waals surface area contributed by atoms with E-state index in [0.717, 1.165) is 25.7 Å². The first-order valence-electron chi connectivity index (χ1n) is 16.1. The monoisotopic (exact) mass is 612 g/mol. The van der Waals surface area contributed by atoms with Crippen molar-refractivity contribution in [2.45, 2.75) is 126 Å². The van der Waals surface area contributed by atoms with Crippen LogP contribution in [0.5, 0.6) is 0 Å². The Morgan fingerprint density at radius 1 is 0.932 bits per heavy atom. The van der Waals surface area contributed by atoms with E-state index in [0.29, 0.717) is 12.8 Å². The standard InChI is InChI=1S/C36H52O8/c1-20(32(40)41)11-13-28(42-22(3)37)21(2)27-19-31(44-24(5)39)36(10)26-12-14-29-33(6,7)30(43-23(4)38)16-17-34(29,8)25(26)15-18-35(27,36)9/h11-12,15,21,27-31H,13-14,16-19H2,1-10H3,(H,40,41)/b20-11+/t21-,27+,28-,29-,30+,31-,34+,35+,36+/m0/s1. The summed E-state index contributed by atoms with van der Waals surface area (Å²) in [5.74, 6) is -1.78. The molecule has 9 atom stereocenters. The van der Waals surface area contributed by atoms with Gasteiger partial charge in [-0.15, -0.1) is 0 Å². The van der Waals surface area contributed by atoms with Gasteiger partial charge in [-0.05, 0) is 78.8 Å². The Balaban J connectivity index is 1.78. The first-order chi connectivity index (χ1) is 20.3. The SMILES string of the molecule is CC(=O)O[C@@H](C/C=C(\C)C(=O)O)[C@@H](C)[C@H]1C[C@H](OC(C)=O)[C@@]2(C)C3=CC[C@H]4C(C)(C)[C@H](OC(C)=O)CC[C@]4(C)C3=CC[C@]12C. The molecule has 2 fully saturated rings. The molecular formula is C36H52O8. The van der Waals surface area contributed by atoms with E-state index in [1.165, 1.54) is 31.9 Å². The Morgan fingerprint density at radius 3 is 2.11 bits per heavy atom. The summed E-state index contributed by atoms with van der Waals surface area (Å²) in [6.07, 6.45) is 9.58. The van der Waals surface area contributed by atoms with Crippen LogP contribution in [0, 0.1) is 39.4 Å². The molecule has 0 aliphatic heterocycles. The van der Waals surface area contributed by atoms with Crippen molar-refractivity contribution < 1.29 is 38.5 Å². The van der Waals surface area contributed by atoms with E-state index in [1.54, 1.807) is 13.0 Å². The number of hydrogen-bond acceptors (Lipinski definition) is 7. The van der Waals surface area contributed by atoms with Gasteiger partial charge in [0.2, 0.25) is 0 Å². The largest absolute Gasteiger partial charge is 0.478 e. The summed E-state index contributed by atoms with van der Waals surface area (Å²) in [4.78, 5) is 48.2. The number of carboxylic acids is 1. The lowest BCUT2D eigenvalue weighted by Gasteiger charge is -2.61. The van der Waals surface area contributed by atoms with Gasteiger partial charge in [0.1, 0.15) is 18.3 Å². The van der Waals surface area contributed by atoms with Crippen molar-refractivity contribution in [1.82, 2.24) is 0 Å². The minimum atomic E-state index is -0.999. The van der Waals surface area contributed by atoms with Crippen LogP contribution in [0.2, 0.25) is 0 Å². The smallest absolute Gasteiger partial charge is 0.330 e. The number of hydrogen-bond donors (Lipinski definition) is 1. The Morgan fingerprint density at radius 2 is 1.55 bits per heavy atom. The number of carboxylic acid groups (broad SMARTS) is 1. The molecule has 1 N–H and O–H groups in total. The van der Waals surface area contributed by atoms with E-state index >= 15 is 0 Å². The molecule has 4 aliphatic rings. The highest BCUT2D eigenvalue weighted by atomic mass is 16.6. The average molecular weight is 613 g/mol. The van der Waals surface area contributed by atoms with Gasteiger partial charge >= 0.3 is 23.9 Å². The highest BCUT2D eigenvalue weighted by Crippen LogP contribution is 2.72. The maximum absolute atomic E-state index is 12.5. The van der Waals surface area contributed by atoms with E-state index in [-0.39, 0.29) is 63.7 Å². The zero-order valence-corrected chi connectivity index (χ0v) is 28.2. The number of carbonyl (C=O) groups is 4. The van der Waals surface area contributed by atoms with Gasteiger partial charge in [0, 0.05) is 43.6 Å². The van der Waals surface area contributed by atoms with E-state index in [9.17, 15) is 24.3 Å². The number of rotatable bonds is 8. The zero-order valence-electron chi connectivity index (χ0n) is 28.2. The van der Waals surface area contributed by atoms with Crippen LogP contribution in [0.25, 0.3) is 0 Å². The number of aliphatic carboxylic acids is 1. The van der Waals surface area contributed by atoms with Gasteiger partial charge in [0.15, 0.2) is 0 Å². The molecule has 0 saturated heterocycles. The number of ether oxygens (including phenoxy) is 3. The van der Waals surface area contributed by atoms with E-state index in [2.05, 4.69) is 53.7 Å². The minimum absolute atomic E-state index is 0.0279. The van der Waals surface area contributed by atoms with Gasteiger partial charge in [0.05, 0.1) is 0 Å². The van der Waals surface area contributed by atoms with Gasteiger partial charge in [0.25, 0.3) is 0 Å². The summed E-state index contributed by atoms with van der Waals surface area (Å²) >= 11 is 0. The van der Waals surface area contributed by atoms with Crippen LogP contribution in [0.4, 0.5) is 0 Å². The first kappa shape index (κ1) is 34.0. The highest BCUT2D eigenvalue weighted by Gasteiger charge is 2.68. The van der Waals surface area contributed by atoms with Gasteiger partial charge in [-0.2, -0.15) is 0 Å². The molecule has 4 rings (SSSR count). The molecule has 2 saturated carbocycles. The quantitative estimate of drug-likeness (QED) is 0.177. The van der Waals surface area contributed by atoms with Crippen molar-refractivity contribution in [3.05, 3.63) is 34.9 Å². The van der Waals surface area contributed by atoms with E-state index < -0.39 is 23.5 Å². The molecule has 44 heavy (non-hydrogen) atoms. The molecule has 0 heterocycles. The second-order valence-corrected chi connectivity index (χ2v) is 15.1. The Bertz CT molecular complexity index is 1300. The Labute approximate surface area is 262 Å².